The molecule has 166 valence electrons. The lowest BCUT2D eigenvalue weighted by molar-refractivity contribution is 0.0978. The molecule has 0 spiro atoms. The second kappa shape index (κ2) is 12.0. The lowest BCUT2D eigenvalue weighted by Gasteiger charge is -2.31. The van der Waals surface area contributed by atoms with Crippen LogP contribution >= 0.6 is 15.2 Å². The quantitative estimate of drug-likeness (QED) is 0.259. The maximum absolute atomic E-state index is 13.4. The number of benzene rings is 1. The van der Waals surface area contributed by atoms with Crippen molar-refractivity contribution in [2.24, 2.45) is 0 Å². The highest BCUT2D eigenvalue weighted by Crippen LogP contribution is 2.71. The Labute approximate surface area is 170 Å². The van der Waals surface area contributed by atoms with Gasteiger partial charge in [0, 0.05) is 18.1 Å². The number of hydrogen-bond donors (Lipinski definition) is 0. The van der Waals surface area contributed by atoms with Gasteiger partial charge in [-0.1, -0.05) is 0 Å². The molecule has 0 aliphatic carbocycles. The van der Waals surface area contributed by atoms with Crippen molar-refractivity contribution < 1.29 is 40.8 Å². The first-order valence-electron chi connectivity index (χ1n) is 9.42. The van der Waals surface area contributed by atoms with Crippen molar-refractivity contribution in [3.05, 3.63) is 35.4 Å². The average molecular weight is 456 g/mol. The van der Waals surface area contributed by atoms with Gasteiger partial charge in [-0.3, -0.25) is 13.9 Å². The Morgan fingerprint density at radius 2 is 1.21 bits per heavy atom. The van der Waals surface area contributed by atoms with E-state index >= 15 is 0 Å². The van der Waals surface area contributed by atoms with Gasteiger partial charge in [0.1, 0.15) is 11.6 Å². The molecule has 11 heteroatoms. The molecule has 0 N–H and O–H groups in total. The standard InChI is InChI=1S/C18H28F2O7P2/c1-5-24-28(22,25-6-2)18(29(23,26-7-3)27-8-4)10-9-17(21)14-11-15(19)13-16(20)12-14/h11-13,18H,5-10H2,1-4H3. The lowest BCUT2D eigenvalue weighted by Crippen LogP contribution is -2.19. The fourth-order valence-corrected chi connectivity index (χ4v) is 8.10. The van der Waals surface area contributed by atoms with Crippen LogP contribution in [0.3, 0.4) is 0 Å². The lowest BCUT2D eigenvalue weighted by atomic mass is 10.1. The third-order valence-electron chi connectivity index (χ3n) is 3.78. The molecule has 0 radical (unpaired) electrons. The van der Waals surface area contributed by atoms with E-state index in [1.807, 2.05) is 0 Å². The largest absolute Gasteiger partial charge is 0.345 e. The monoisotopic (exact) mass is 456 g/mol. The van der Waals surface area contributed by atoms with E-state index in [0.29, 0.717) is 6.07 Å². The van der Waals surface area contributed by atoms with Crippen LogP contribution in [-0.2, 0) is 27.2 Å². The van der Waals surface area contributed by atoms with Gasteiger partial charge >= 0.3 is 15.2 Å². The second-order valence-electron chi connectivity index (χ2n) is 5.85. The van der Waals surface area contributed by atoms with E-state index in [4.69, 9.17) is 18.1 Å². The Bertz CT molecular complexity index is 702. The summed E-state index contributed by atoms with van der Waals surface area (Å²) >= 11 is 0. The molecule has 0 aromatic heterocycles. The van der Waals surface area contributed by atoms with Gasteiger partial charge in [-0.2, -0.15) is 0 Å². The first-order chi connectivity index (χ1) is 13.7. The summed E-state index contributed by atoms with van der Waals surface area (Å²) in [5.74, 6) is -2.41. The molecule has 0 saturated carbocycles. The van der Waals surface area contributed by atoms with E-state index < -0.39 is 38.0 Å². The van der Waals surface area contributed by atoms with E-state index in [2.05, 4.69) is 0 Å². The summed E-state index contributed by atoms with van der Waals surface area (Å²) in [7, 11) is -7.98. The van der Waals surface area contributed by atoms with Crippen LogP contribution in [0.2, 0.25) is 0 Å². The molecule has 0 fully saturated rings. The summed E-state index contributed by atoms with van der Waals surface area (Å²) in [6, 6.07) is 2.45. The van der Waals surface area contributed by atoms with Crippen LogP contribution in [0.4, 0.5) is 8.78 Å². The number of carbonyl (C=O) groups excluding carboxylic acids is 1. The molecule has 7 nitrogen and oxygen atoms in total. The molecule has 0 aliphatic rings. The molecule has 0 heterocycles. The molecule has 29 heavy (non-hydrogen) atoms. The zero-order valence-electron chi connectivity index (χ0n) is 17.1. The molecule has 0 bridgehead atoms. The van der Waals surface area contributed by atoms with E-state index in [-0.39, 0.29) is 44.8 Å². The molecule has 1 rings (SSSR count). The highest BCUT2D eigenvalue weighted by molar-refractivity contribution is 7.72. The smallest absolute Gasteiger partial charge is 0.308 e. The Morgan fingerprint density at radius 1 is 0.828 bits per heavy atom. The predicted molar refractivity (Wildman–Crippen MR) is 105 cm³/mol. The topological polar surface area (TPSA) is 88.1 Å². The van der Waals surface area contributed by atoms with Crippen LogP contribution < -0.4 is 0 Å². The van der Waals surface area contributed by atoms with Crippen LogP contribution in [0.5, 0.6) is 0 Å². The summed E-state index contributed by atoms with van der Waals surface area (Å²) in [5, 5.41) is -1.36. The Hall–Kier alpha value is -0.950. The first-order valence-corrected chi connectivity index (χ1v) is 12.6. The fraction of sp³-hybridized carbons (Fsp3) is 0.611. The molecule has 1 aromatic carbocycles. The molecule has 0 atom stereocenters. The predicted octanol–water partition coefficient (Wildman–Crippen LogP) is 5.79. The minimum Gasteiger partial charge on any atom is -0.308 e. The number of halogens is 2. The molecular formula is C18H28F2O7P2. The van der Waals surface area contributed by atoms with E-state index in [1.165, 1.54) is 0 Å². The Balaban J connectivity index is 3.24. The number of carbonyl (C=O) groups is 1. The third kappa shape index (κ3) is 7.35. The van der Waals surface area contributed by atoms with Gasteiger partial charge in [-0.15, -0.1) is 0 Å². The Morgan fingerprint density at radius 3 is 1.55 bits per heavy atom. The van der Waals surface area contributed by atoms with Crippen LogP contribution in [0.1, 0.15) is 50.9 Å². The fourth-order valence-electron chi connectivity index (χ4n) is 2.75. The number of hydrogen-bond acceptors (Lipinski definition) is 7. The van der Waals surface area contributed by atoms with Crippen molar-refractivity contribution >= 4 is 21.0 Å². The maximum Gasteiger partial charge on any atom is 0.345 e. The third-order valence-corrected chi connectivity index (χ3v) is 9.93. The Kier molecular flexibility index (Phi) is 10.8. The molecule has 0 aliphatic heterocycles. The van der Waals surface area contributed by atoms with Crippen molar-refractivity contribution in [3.63, 3.8) is 0 Å². The summed E-state index contributed by atoms with van der Waals surface area (Å²) in [4.78, 5) is 12.5. The van der Waals surface area contributed by atoms with Gasteiger partial charge in [0.15, 0.2) is 11.2 Å². The summed E-state index contributed by atoms with van der Waals surface area (Å²) in [6.07, 6.45) is -0.562. The van der Waals surface area contributed by atoms with Crippen molar-refractivity contribution in [2.45, 2.75) is 45.9 Å². The van der Waals surface area contributed by atoms with Crippen molar-refractivity contribution in [1.82, 2.24) is 0 Å². The van der Waals surface area contributed by atoms with Crippen LogP contribution in [0.25, 0.3) is 0 Å². The molecular weight excluding hydrogens is 428 g/mol. The van der Waals surface area contributed by atoms with Gasteiger partial charge < -0.3 is 18.1 Å². The number of Topliss-reactive ketones (excluding diaryl/α,β-unsaturated/α-hetero) is 1. The number of rotatable bonds is 14. The average Bonchev–Trinajstić information content (AvgIpc) is 2.61. The van der Waals surface area contributed by atoms with Crippen LogP contribution in [-0.4, -0.2) is 37.6 Å². The number of ketones is 1. The van der Waals surface area contributed by atoms with Crippen molar-refractivity contribution in [1.29, 1.82) is 0 Å². The summed E-state index contributed by atoms with van der Waals surface area (Å²) < 4.78 is 74.8. The van der Waals surface area contributed by atoms with Gasteiger partial charge in [0.25, 0.3) is 0 Å². The van der Waals surface area contributed by atoms with Gasteiger partial charge in [0.05, 0.1) is 26.4 Å². The normalized spacial score (nSPS) is 12.5. The maximum atomic E-state index is 13.4. The van der Waals surface area contributed by atoms with Crippen LogP contribution in [0.15, 0.2) is 18.2 Å². The van der Waals surface area contributed by atoms with E-state index in [9.17, 15) is 22.7 Å². The minimum atomic E-state index is -3.99. The first kappa shape index (κ1) is 26.1. The van der Waals surface area contributed by atoms with Crippen LogP contribution in [0, 0.1) is 11.6 Å². The van der Waals surface area contributed by atoms with Gasteiger partial charge in [-0.05, 0) is 46.2 Å². The molecule has 0 saturated heterocycles. The van der Waals surface area contributed by atoms with E-state index in [1.54, 1.807) is 27.7 Å². The summed E-state index contributed by atoms with van der Waals surface area (Å²) in [6.45, 7) is 6.41. The second-order valence-corrected chi connectivity index (χ2v) is 10.7. The molecule has 1 aromatic rings. The summed E-state index contributed by atoms with van der Waals surface area (Å²) in [5.41, 5.74) is -0.188. The zero-order chi connectivity index (χ0) is 22.1. The highest BCUT2D eigenvalue weighted by Gasteiger charge is 2.50. The van der Waals surface area contributed by atoms with Gasteiger partial charge in [-0.25, -0.2) is 8.78 Å². The molecule has 0 amide bonds. The van der Waals surface area contributed by atoms with Crippen molar-refractivity contribution in [2.75, 3.05) is 26.4 Å². The SMILES string of the molecule is CCOP(=O)(OCC)C(CCC(=O)c1cc(F)cc(F)c1)P(=O)(OCC)OCC. The van der Waals surface area contributed by atoms with Crippen molar-refractivity contribution in [3.8, 4) is 0 Å². The molecule has 0 unspecified atom stereocenters. The highest BCUT2D eigenvalue weighted by atomic mass is 31.2. The minimum absolute atomic E-state index is 0.00901. The van der Waals surface area contributed by atoms with Gasteiger partial charge in [0.2, 0.25) is 0 Å². The van der Waals surface area contributed by atoms with E-state index in [0.717, 1.165) is 12.1 Å². The zero-order valence-corrected chi connectivity index (χ0v) is 18.8.